The third kappa shape index (κ3) is 3.27. The molecule has 0 aliphatic carbocycles. The van der Waals surface area contributed by atoms with E-state index in [-0.39, 0.29) is 25.1 Å². The van der Waals surface area contributed by atoms with E-state index in [9.17, 15) is 14.4 Å². The lowest BCUT2D eigenvalue weighted by Crippen LogP contribution is -2.54. The number of β-amino-alcohol motifs (C(OH)–C–C–N with tert-alkyl or cyclic N) is 1. The summed E-state index contributed by atoms with van der Waals surface area (Å²) in [7, 11) is 0. The summed E-state index contributed by atoms with van der Waals surface area (Å²) in [5.41, 5.74) is 0. The second-order valence-electron chi connectivity index (χ2n) is 4.74. The maximum Gasteiger partial charge on any atom is 0.246 e. The Bertz CT molecular complexity index is 365. The van der Waals surface area contributed by atoms with E-state index in [4.69, 9.17) is 5.11 Å². The number of aliphatic hydroxyl groups excluding tert-OH is 1. The van der Waals surface area contributed by atoms with Gasteiger partial charge in [0, 0.05) is 26.1 Å². The van der Waals surface area contributed by atoms with Gasteiger partial charge in [0.25, 0.3) is 0 Å². The van der Waals surface area contributed by atoms with Gasteiger partial charge in [0.05, 0.1) is 19.2 Å². The SMILES string of the molecule is O=C(CN1CC(O)C1)NC(=O)CN1CCCC1=O. The van der Waals surface area contributed by atoms with Crippen molar-refractivity contribution in [3.8, 4) is 0 Å². The van der Waals surface area contributed by atoms with Gasteiger partial charge in [0.2, 0.25) is 17.7 Å². The average Bonchev–Trinajstić information content (AvgIpc) is 2.62. The van der Waals surface area contributed by atoms with E-state index in [0.717, 1.165) is 6.42 Å². The molecule has 0 aromatic heterocycles. The first kappa shape index (κ1) is 13.0. The van der Waals surface area contributed by atoms with Crippen LogP contribution in [0.5, 0.6) is 0 Å². The fourth-order valence-electron chi connectivity index (χ4n) is 2.15. The van der Waals surface area contributed by atoms with E-state index in [1.165, 1.54) is 4.90 Å². The molecule has 2 N–H and O–H groups in total. The smallest absolute Gasteiger partial charge is 0.246 e. The van der Waals surface area contributed by atoms with E-state index in [1.54, 1.807) is 4.90 Å². The Balaban J connectivity index is 1.67. The van der Waals surface area contributed by atoms with Gasteiger partial charge in [-0.3, -0.25) is 24.6 Å². The molecule has 0 atom stereocenters. The molecule has 7 nitrogen and oxygen atoms in total. The van der Waals surface area contributed by atoms with Gasteiger partial charge in [-0.05, 0) is 6.42 Å². The molecule has 2 aliphatic rings. The van der Waals surface area contributed by atoms with Crippen molar-refractivity contribution in [3.63, 3.8) is 0 Å². The normalized spacial score (nSPS) is 20.9. The number of likely N-dealkylation sites (tertiary alicyclic amines) is 2. The zero-order chi connectivity index (χ0) is 13.1. The van der Waals surface area contributed by atoms with Gasteiger partial charge in [-0.1, -0.05) is 0 Å². The van der Waals surface area contributed by atoms with Gasteiger partial charge in [0.15, 0.2) is 0 Å². The number of aliphatic hydroxyl groups is 1. The first-order valence-electron chi connectivity index (χ1n) is 6.05. The highest BCUT2D eigenvalue weighted by Gasteiger charge is 2.27. The Kier molecular flexibility index (Phi) is 3.93. The Hall–Kier alpha value is -1.47. The minimum atomic E-state index is -0.448. The molecule has 3 amide bonds. The van der Waals surface area contributed by atoms with Crippen LogP contribution in [-0.2, 0) is 14.4 Å². The van der Waals surface area contributed by atoms with Crippen molar-refractivity contribution in [1.29, 1.82) is 0 Å². The Morgan fingerprint density at radius 3 is 2.50 bits per heavy atom. The lowest BCUT2D eigenvalue weighted by molar-refractivity contribution is -0.137. The first-order valence-corrected chi connectivity index (χ1v) is 6.05. The van der Waals surface area contributed by atoms with Crippen LogP contribution in [-0.4, -0.2) is 71.5 Å². The molecule has 2 aliphatic heterocycles. The van der Waals surface area contributed by atoms with Crippen LogP contribution in [0.15, 0.2) is 0 Å². The number of hydrogen-bond acceptors (Lipinski definition) is 5. The molecule has 0 radical (unpaired) electrons. The molecule has 7 heteroatoms. The Labute approximate surface area is 105 Å². The summed E-state index contributed by atoms with van der Waals surface area (Å²) in [6.07, 6.45) is 0.884. The first-order chi connectivity index (χ1) is 8.54. The summed E-state index contributed by atoms with van der Waals surface area (Å²) >= 11 is 0. The van der Waals surface area contributed by atoms with Crippen molar-refractivity contribution in [2.24, 2.45) is 0 Å². The second-order valence-corrected chi connectivity index (χ2v) is 4.74. The minimum absolute atomic E-state index is 0.0385. The van der Waals surface area contributed by atoms with E-state index in [1.807, 2.05) is 0 Å². The minimum Gasteiger partial charge on any atom is -0.390 e. The molecule has 0 spiro atoms. The van der Waals surface area contributed by atoms with Crippen LogP contribution in [0.3, 0.4) is 0 Å². The predicted octanol–water partition coefficient (Wildman–Crippen LogP) is -2.07. The molecule has 18 heavy (non-hydrogen) atoms. The number of imide groups is 1. The quantitative estimate of drug-likeness (QED) is 0.602. The number of nitrogens with zero attached hydrogens (tertiary/aromatic N) is 2. The fourth-order valence-corrected chi connectivity index (χ4v) is 2.15. The third-order valence-corrected chi connectivity index (χ3v) is 3.09. The molecule has 0 unspecified atom stereocenters. The Morgan fingerprint density at radius 1 is 1.28 bits per heavy atom. The molecule has 0 aromatic carbocycles. The van der Waals surface area contributed by atoms with Crippen LogP contribution in [0.1, 0.15) is 12.8 Å². The van der Waals surface area contributed by atoms with Crippen molar-refractivity contribution >= 4 is 17.7 Å². The molecule has 2 fully saturated rings. The van der Waals surface area contributed by atoms with Crippen molar-refractivity contribution < 1.29 is 19.5 Å². The molecule has 2 saturated heterocycles. The number of carbonyl (C=O) groups excluding carboxylic acids is 3. The molecular weight excluding hydrogens is 238 g/mol. The molecular formula is C11H17N3O4. The zero-order valence-electron chi connectivity index (χ0n) is 10.1. The average molecular weight is 255 g/mol. The van der Waals surface area contributed by atoms with E-state index in [2.05, 4.69) is 5.32 Å². The van der Waals surface area contributed by atoms with Crippen LogP contribution in [0.4, 0.5) is 0 Å². The summed E-state index contributed by atoms with van der Waals surface area (Å²) in [6, 6.07) is 0. The van der Waals surface area contributed by atoms with Crippen molar-refractivity contribution in [1.82, 2.24) is 15.1 Å². The van der Waals surface area contributed by atoms with Gasteiger partial charge in [-0.2, -0.15) is 0 Å². The number of carbonyl (C=O) groups is 3. The van der Waals surface area contributed by atoms with E-state index >= 15 is 0 Å². The standard InChI is InChI=1S/C11H17N3O4/c15-8-4-13(5-8)6-9(16)12-10(17)7-14-3-1-2-11(14)18/h8,15H,1-7H2,(H,12,16,17). The van der Waals surface area contributed by atoms with Gasteiger partial charge in [0.1, 0.15) is 0 Å². The fraction of sp³-hybridized carbons (Fsp3) is 0.727. The molecule has 0 saturated carbocycles. The molecule has 100 valence electrons. The molecule has 2 heterocycles. The second kappa shape index (κ2) is 5.45. The lowest BCUT2D eigenvalue weighted by Gasteiger charge is -2.34. The van der Waals surface area contributed by atoms with Crippen molar-refractivity contribution in [3.05, 3.63) is 0 Å². The van der Waals surface area contributed by atoms with Gasteiger partial charge in [-0.25, -0.2) is 0 Å². The predicted molar refractivity (Wildman–Crippen MR) is 61.4 cm³/mol. The van der Waals surface area contributed by atoms with E-state index in [0.29, 0.717) is 26.1 Å². The summed E-state index contributed by atoms with van der Waals surface area (Å²) in [5, 5.41) is 11.3. The van der Waals surface area contributed by atoms with Crippen molar-refractivity contribution in [2.45, 2.75) is 18.9 Å². The number of nitrogens with one attached hydrogen (secondary N) is 1. The maximum absolute atomic E-state index is 11.5. The lowest BCUT2D eigenvalue weighted by atomic mass is 10.2. The molecule has 0 bridgehead atoms. The van der Waals surface area contributed by atoms with Gasteiger partial charge in [-0.15, -0.1) is 0 Å². The highest BCUT2D eigenvalue weighted by molar-refractivity contribution is 5.98. The van der Waals surface area contributed by atoms with Gasteiger partial charge < -0.3 is 10.0 Å². The van der Waals surface area contributed by atoms with Crippen LogP contribution >= 0.6 is 0 Å². The van der Waals surface area contributed by atoms with Crippen LogP contribution in [0, 0.1) is 0 Å². The van der Waals surface area contributed by atoms with Crippen LogP contribution < -0.4 is 5.32 Å². The van der Waals surface area contributed by atoms with Crippen LogP contribution in [0.2, 0.25) is 0 Å². The highest BCUT2D eigenvalue weighted by atomic mass is 16.3. The highest BCUT2D eigenvalue weighted by Crippen LogP contribution is 2.08. The number of hydrogen-bond donors (Lipinski definition) is 2. The third-order valence-electron chi connectivity index (χ3n) is 3.09. The maximum atomic E-state index is 11.5. The summed E-state index contributed by atoms with van der Waals surface area (Å²) in [5.74, 6) is -0.877. The number of amides is 3. The zero-order valence-corrected chi connectivity index (χ0v) is 10.1. The summed E-state index contributed by atoms with van der Waals surface area (Å²) in [4.78, 5) is 37.5. The summed E-state index contributed by atoms with van der Waals surface area (Å²) < 4.78 is 0. The van der Waals surface area contributed by atoms with Gasteiger partial charge >= 0.3 is 0 Å². The van der Waals surface area contributed by atoms with Crippen LogP contribution in [0.25, 0.3) is 0 Å². The Morgan fingerprint density at radius 2 is 1.94 bits per heavy atom. The molecule has 0 aromatic rings. The summed E-state index contributed by atoms with van der Waals surface area (Å²) in [6.45, 7) is 1.57. The van der Waals surface area contributed by atoms with E-state index < -0.39 is 11.8 Å². The van der Waals surface area contributed by atoms with Crippen molar-refractivity contribution in [2.75, 3.05) is 32.7 Å². The largest absolute Gasteiger partial charge is 0.390 e. The topological polar surface area (TPSA) is 90.0 Å². The monoisotopic (exact) mass is 255 g/mol. The molecule has 2 rings (SSSR count). The number of rotatable bonds is 4.